The third-order valence-corrected chi connectivity index (χ3v) is 8.70. The van der Waals surface area contributed by atoms with Gasteiger partial charge in [-0.1, -0.05) is 6.07 Å². The second-order valence-corrected chi connectivity index (χ2v) is 16.0. The zero-order chi connectivity index (χ0) is 27.1. The van der Waals surface area contributed by atoms with Crippen molar-refractivity contribution in [2.45, 2.75) is 27.7 Å². The number of rotatable bonds is 2. The molecule has 2 aromatic heterocycles. The summed E-state index contributed by atoms with van der Waals surface area (Å²) in [5, 5.41) is 0. The van der Waals surface area contributed by atoms with Gasteiger partial charge in [-0.15, -0.1) is 0 Å². The van der Waals surface area contributed by atoms with Crippen LogP contribution in [0, 0.1) is 27.7 Å². The number of aryl methyl sites for hydroxylation is 4. The second-order valence-electron chi connectivity index (χ2n) is 6.71. The van der Waals surface area contributed by atoms with E-state index in [1.165, 1.54) is 39.0 Å². The Kier molecular flexibility index (Phi) is 7.79. The Hall–Kier alpha value is -0.660. The van der Waals surface area contributed by atoms with Crippen LogP contribution < -0.4 is 0 Å². The predicted molar refractivity (Wildman–Crippen MR) is 124 cm³/mol. The summed E-state index contributed by atoms with van der Waals surface area (Å²) in [5.74, 6) is 0. The molecule has 2 heterocycles. The first-order valence-electron chi connectivity index (χ1n) is 8.48. The Bertz CT molecular complexity index is 1020. The van der Waals surface area contributed by atoms with Crippen molar-refractivity contribution < 1.29 is 50.4 Å². The van der Waals surface area contributed by atoms with E-state index >= 15 is 0 Å². The van der Waals surface area contributed by atoms with Gasteiger partial charge < -0.3 is 0 Å². The molecule has 34 heavy (non-hydrogen) atoms. The molecule has 0 radical (unpaired) electrons. The summed E-state index contributed by atoms with van der Waals surface area (Å²) in [4.78, 5) is 5.73. The zero-order valence-corrected chi connectivity index (χ0v) is 22.4. The molecule has 0 aliphatic carbocycles. The van der Waals surface area contributed by atoms with Crippen LogP contribution >= 0.6 is 61.0 Å². The van der Waals surface area contributed by atoms with Gasteiger partial charge >= 0.3 is 66.0 Å². The number of hydrogen-bond donors (Lipinski definition) is 0. The van der Waals surface area contributed by atoms with Crippen LogP contribution in [-0.4, -0.2) is 0 Å². The molecule has 3 rings (SSSR count). The molecular formula is C16H16F12P2S4. The van der Waals surface area contributed by atoms with Gasteiger partial charge in [-0.05, 0) is 45.9 Å². The summed E-state index contributed by atoms with van der Waals surface area (Å²) in [7, 11) is -21.3. The van der Waals surface area contributed by atoms with Gasteiger partial charge in [0.1, 0.15) is 19.5 Å². The third kappa shape index (κ3) is 16.9. The van der Waals surface area contributed by atoms with Crippen molar-refractivity contribution >= 4 is 61.0 Å². The van der Waals surface area contributed by atoms with E-state index in [9.17, 15) is 50.4 Å². The molecule has 0 aliphatic rings. The topological polar surface area (TPSA) is 0 Å². The molecule has 0 saturated carbocycles. The summed E-state index contributed by atoms with van der Waals surface area (Å²) < 4.78 is 121. The van der Waals surface area contributed by atoms with Crippen LogP contribution in [0.25, 0.3) is 19.5 Å². The molecule has 0 amide bonds. The van der Waals surface area contributed by atoms with Gasteiger partial charge in [0.25, 0.3) is 8.38 Å². The van der Waals surface area contributed by atoms with Gasteiger partial charge in [-0.25, -0.2) is 0 Å². The first-order chi connectivity index (χ1) is 14.4. The van der Waals surface area contributed by atoms with Crippen LogP contribution in [0.1, 0.15) is 19.5 Å². The molecule has 0 bridgehead atoms. The Labute approximate surface area is 202 Å². The molecule has 0 unspecified atom stereocenters. The maximum absolute atomic E-state index is 10.7. The fraction of sp³-hybridized carbons (Fsp3) is 0.250. The Morgan fingerprint density at radius 3 is 1.03 bits per heavy atom. The van der Waals surface area contributed by atoms with Crippen LogP contribution in [0.3, 0.4) is 0 Å². The van der Waals surface area contributed by atoms with Crippen molar-refractivity contribution in [3.8, 4) is 19.5 Å². The standard InChI is InChI=1S/C16H16S4.2F6P/c1-9-10(2)18-15(17-9)13-6-5-7-14(8-13)16-19-11(3)12(4)20-16;2*1-7(2,3,4,5)6/h5-8H,1-4H3;;/q+2;2*-1. The van der Waals surface area contributed by atoms with E-state index in [0.717, 1.165) is 0 Å². The molecular weight excluding hydrogens is 610 g/mol. The molecule has 0 nitrogen and oxygen atoms in total. The van der Waals surface area contributed by atoms with Crippen molar-refractivity contribution in [2.24, 2.45) is 0 Å². The van der Waals surface area contributed by atoms with Gasteiger partial charge in [0.15, 0.2) is 0 Å². The van der Waals surface area contributed by atoms with Crippen LogP contribution in [0.5, 0.6) is 0 Å². The van der Waals surface area contributed by atoms with Gasteiger partial charge in [0, 0.05) is 11.1 Å². The van der Waals surface area contributed by atoms with Gasteiger partial charge in [-0.3, -0.25) is 0 Å². The van der Waals surface area contributed by atoms with Crippen LogP contribution in [0.2, 0.25) is 0 Å². The molecule has 18 heteroatoms. The molecule has 0 spiro atoms. The molecule has 0 aliphatic heterocycles. The monoisotopic (exact) mass is 626 g/mol. The van der Waals surface area contributed by atoms with Crippen molar-refractivity contribution in [1.82, 2.24) is 0 Å². The molecule has 0 N–H and O–H groups in total. The zero-order valence-electron chi connectivity index (χ0n) is 17.4. The van der Waals surface area contributed by atoms with E-state index in [-0.39, 0.29) is 0 Å². The van der Waals surface area contributed by atoms with E-state index in [1.807, 2.05) is 45.3 Å². The quantitative estimate of drug-likeness (QED) is 0.151. The normalized spacial score (nSPS) is 16.0. The molecule has 0 saturated heterocycles. The minimum absolute atomic E-state index is 1.35. The number of hydrogen-bond acceptors (Lipinski definition) is 2. The third-order valence-electron chi connectivity index (χ3n) is 3.31. The van der Waals surface area contributed by atoms with Crippen LogP contribution in [0.4, 0.5) is 50.4 Å². The average Bonchev–Trinajstić information content (AvgIpc) is 3.04. The molecule has 1 aromatic carbocycles. The van der Waals surface area contributed by atoms with Gasteiger partial charge in [0.2, 0.25) is 0 Å². The first-order valence-corrected chi connectivity index (χ1v) is 15.8. The second kappa shape index (κ2) is 8.44. The van der Waals surface area contributed by atoms with Crippen molar-refractivity contribution in [3.05, 3.63) is 43.8 Å². The van der Waals surface area contributed by atoms with Gasteiger partial charge in [0.05, 0.1) is 45.3 Å². The Balaban J connectivity index is 0.000000343. The maximum atomic E-state index is 9.87. The summed E-state index contributed by atoms with van der Waals surface area (Å²) in [6, 6.07) is 8.96. The van der Waals surface area contributed by atoms with Crippen LogP contribution in [0.15, 0.2) is 24.3 Å². The van der Waals surface area contributed by atoms with E-state index in [4.69, 9.17) is 0 Å². The Morgan fingerprint density at radius 1 is 0.559 bits per heavy atom. The van der Waals surface area contributed by atoms with E-state index < -0.39 is 15.6 Å². The fourth-order valence-electron chi connectivity index (χ4n) is 1.89. The molecule has 0 fully saturated rings. The number of benzene rings is 1. The van der Waals surface area contributed by atoms with Gasteiger partial charge in [-0.2, -0.15) is 0 Å². The predicted octanol–water partition coefficient (Wildman–Crippen LogP) is 13.8. The summed E-state index contributed by atoms with van der Waals surface area (Å²) >= 11 is 7.62. The molecule has 0 atom stereocenters. The summed E-state index contributed by atoms with van der Waals surface area (Å²) in [5.41, 5.74) is 2.70. The van der Waals surface area contributed by atoms with Crippen LogP contribution in [-0.2, 0) is 0 Å². The van der Waals surface area contributed by atoms with Crippen molar-refractivity contribution in [1.29, 1.82) is 0 Å². The average molecular weight is 626 g/mol. The van der Waals surface area contributed by atoms with E-state index in [2.05, 4.69) is 52.0 Å². The molecule has 198 valence electrons. The fourth-order valence-corrected chi connectivity index (χ4v) is 6.89. The first kappa shape index (κ1) is 31.4. The summed E-state index contributed by atoms with van der Waals surface area (Å²) in [6.07, 6.45) is 0. The van der Waals surface area contributed by atoms with Crippen molar-refractivity contribution in [2.75, 3.05) is 0 Å². The van der Waals surface area contributed by atoms with E-state index in [0.29, 0.717) is 0 Å². The van der Waals surface area contributed by atoms with E-state index in [1.54, 1.807) is 0 Å². The summed E-state index contributed by atoms with van der Waals surface area (Å²) in [6.45, 7) is 8.83. The number of halogens is 12. The SMILES string of the molecule is Cc1sc(-c2cccc(-c3sc(C)c(C)[s+]3)c2)[s+]c1C.F[P-](F)(F)(F)(F)F.F[P-](F)(F)(F)(F)F. The molecule has 3 aromatic rings. The minimum atomic E-state index is -10.7. The van der Waals surface area contributed by atoms with Crippen molar-refractivity contribution in [3.63, 3.8) is 0 Å². The Morgan fingerprint density at radius 2 is 0.824 bits per heavy atom.